The Hall–Kier alpha value is -2.63. The Bertz CT molecular complexity index is 517. The first-order chi connectivity index (χ1) is 8.45. The van der Waals surface area contributed by atoms with Crippen molar-refractivity contribution in [3.05, 3.63) is 35.9 Å². The van der Waals surface area contributed by atoms with Crippen LogP contribution in [-0.4, -0.2) is 28.4 Å². The van der Waals surface area contributed by atoms with Crippen LogP contribution in [0.25, 0.3) is 0 Å². The van der Waals surface area contributed by atoms with E-state index in [1.54, 1.807) is 0 Å². The van der Waals surface area contributed by atoms with Crippen molar-refractivity contribution < 1.29 is 29.3 Å². The number of hydrogen-bond donors (Lipinski definition) is 2. The highest BCUT2D eigenvalue weighted by Gasteiger charge is 2.16. The maximum absolute atomic E-state index is 11.4. The largest absolute Gasteiger partial charge is 0.504 e. The molecule has 18 heavy (non-hydrogen) atoms. The van der Waals surface area contributed by atoms with E-state index in [1.807, 2.05) is 0 Å². The highest BCUT2D eigenvalue weighted by Crippen LogP contribution is 2.29. The van der Waals surface area contributed by atoms with E-state index in [4.69, 9.17) is 9.84 Å². The first-order valence-electron chi connectivity index (χ1n) is 4.84. The number of ether oxygens (including phenoxy) is 1. The van der Waals surface area contributed by atoms with E-state index in [-0.39, 0.29) is 22.6 Å². The fourth-order valence-electron chi connectivity index (χ4n) is 1.15. The lowest BCUT2D eigenvalue weighted by molar-refractivity contribution is -0.138. The van der Waals surface area contributed by atoms with Gasteiger partial charge in [0.05, 0.1) is 12.0 Å². The highest BCUT2D eigenvalue weighted by molar-refractivity contribution is 5.93. The summed E-state index contributed by atoms with van der Waals surface area (Å²) in [5.41, 5.74) is -0.354. The highest BCUT2D eigenvalue weighted by atomic mass is 16.5. The SMILES string of the molecule is C=C(CC(=O)Oc1c(O)cccc1C=O)C(=O)O. The Labute approximate surface area is 102 Å². The van der Waals surface area contributed by atoms with Crippen molar-refractivity contribution >= 4 is 18.2 Å². The van der Waals surface area contributed by atoms with Crippen LogP contribution in [0.4, 0.5) is 0 Å². The van der Waals surface area contributed by atoms with Gasteiger partial charge in [0.15, 0.2) is 17.8 Å². The molecule has 0 aromatic heterocycles. The normalized spacial score (nSPS) is 9.56. The third kappa shape index (κ3) is 3.18. The number of rotatable bonds is 5. The second-order valence-electron chi connectivity index (χ2n) is 3.37. The van der Waals surface area contributed by atoms with Gasteiger partial charge in [0.2, 0.25) is 0 Å². The number of esters is 1. The van der Waals surface area contributed by atoms with Crippen LogP contribution in [0, 0.1) is 0 Å². The van der Waals surface area contributed by atoms with Crippen LogP contribution in [0.5, 0.6) is 11.5 Å². The summed E-state index contributed by atoms with van der Waals surface area (Å²) in [6.07, 6.45) is -0.129. The number of carbonyl (C=O) groups is 3. The van der Waals surface area contributed by atoms with Crippen LogP contribution in [0.15, 0.2) is 30.4 Å². The molecule has 0 spiro atoms. The lowest BCUT2D eigenvalue weighted by Crippen LogP contribution is -2.13. The van der Waals surface area contributed by atoms with E-state index in [2.05, 4.69) is 6.58 Å². The predicted molar refractivity (Wildman–Crippen MR) is 60.5 cm³/mol. The van der Waals surface area contributed by atoms with E-state index in [0.29, 0.717) is 6.29 Å². The molecule has 0 bridgehead atoms. The quantitative estimate of drug-likeness (QED) is 0.351. The molecule has 0 unspecified atom stereocenters. The minimum Gasteiger partial charge on any atom is -0.504 e. The van der Waals surface area contributed by atoms with Gasteiger partial charge in [-0.3, -0.25) is 9.59 Å². The van der Waals surface area contributed by atoms with E-state index >= 15 is 0 Å². The molecule has 0 radical (unpaired) electrons. The monoisotopic (exact) mass is 250 g/mol. The van der Waals surface area contributed by atoms with Gasteiger partial charge in [0, 0.05) is 5.57 Å². The third-order valence-electron chi connectivity index (χ3n) is 2.03. The van der Waals surface area contributed by atoms with Gasteiger partial charge in [-0.15, -0.1) is 0 Å². The van der Waals surface area contributed by atoms with Gasteiger partial charge < -0.3 is 14.9 Å². The summed E-state index contributed by atoms with van der Waals surface area (Å²) in [5, 5.41) is 18.0. The Morgan fingerprint density at radius 3 is 2.61 bits per heavy atom. The third-order valence-corrected chi connectivity index (χ3v) is 2.03. The first-order valence-corrected chi connectivity index (χ1v) is 4.84. The minimum atomic E-state index is -1.32. The number of phenols is 1. The molecule has 0 aliphatic heterocycles. The Balaban J connectivity index is 2.85. The van der Waals surface area contributed by atoms with Crippen molar-refractivity contribution in [2.75, 3.05) is 0 Å². The van der Waals surface area contributed by atoms with Crippen molar-refractivity contribution in [3.63, 3.8) is 0 Å². The molecule has 0 amide bonds. The number of carbonyl (C=O) groups excluding carboxylic acids is 2. The van der Waals surface area contributed by atoms with Gasteiger partial charge in [-0.2, -0.15) is 0 Å². The number of benzene rings is 1. The Kier molecular flexibility index (Phi) is 4.20. The summed E-state index contributed by atoms with van der Waals surface area (Å²) < 4.78 is 4.74. The summed E-state index contributed by atoms with van der Waals surface area (Å²) in [5.74, 6) is -2.92. The fourth-order valence-corrected chi connectivity index (χ4v) is 1.15. The molecule has 1 aromatic carbocycles. The lowest BCUT2D eigenvalue weighted by Gasteiger charge is -2.08. The Morgan fingerprint density at radius 1 is 1.39 bits per heavy atom. The molecule has 6 heteroatoms. The van der Waals surface area contributed by atoms with Crippen LogP contribution in [0.1, 0.15) is 16.8 Å². The molecule has 94 valence electrons. The molecule has 0 saturated heterocycles. The van der Waals surface area contributed by atoms with Crippen LogP contribution >= 0.6 is 0 Å². The molecule has 0 atom stereocenters. The maximum Gasteiger partial charge on any atom is 0.331 e. The zero-order valence-electron chi connectivity index (χ0n) is 9.25. The summed E-state index contributed by atoms with van der Waals surface area (Å²) >= 11 is 0. The molecule has 0 aliphatic carbocycles. The summed E-state index contributed by atoms with van der Waals surface area (Å²) in [6, 6.07) is 4.00. The second kappa shape index (κ2) is 5.62. The first kappa shape index (κ1) is 13.4. The average Bonchev–Trinajstić information content (AvgIpc) is 2.31. The summed E-state index contributed by atoms with van der Waals surface area (Å²) in [7, 11) is 0. The van der Waals surface area contributed by atoms with Crippen molar-refractivity contribution in [1.82, 2.24) is 0 Å². The number of para-hydroxylation sites is 1. The van der Waals surface area contributed by atoms with Gasteiger partial charge in [-0.05, 0) is 12.1 Å². The van der Waals surface area contributed by atoms with Crippen LogP contribution in [-0.2, 0) is 9.59 Å². The molecule has 0 fully saturated rings. The maximum atomic E-state index is 11.4. The van der Waals surface area contributed by atoms with Crippen LogP contribution in [0.3, 0.4) is 0 Å². The van der Waals surface area contributed by atoms with Gasteiger partial charge in [-0.25, -0.2) is 4.79 Å². The van der Waals surface area contributed by atoms with Crippen LogP contribution < -0.4 is 4.74 Å². The Morgan fingerprint density at radius 2 is 2.06 bits per heavy atom. The number of phenolic OH excluding ortho intramolecular Hbond substituents is 1. The van der Waals surface area contributed by atoms with Crippen LogP contribution in [0.2, 0.25) is 0 Å². The number of carboxylic acid groups (broad SMARTS) is 1. The zero-order chi connectivity index (χ0) is 13.7. The predicted octanol–water partition coefficient (Wildman–Crippen LogP) is 1.14. The van der Waals surface area contributed by atoms with Gasteiger partial charge in [0.1, 0.15) is 0 Å². The molecule has 6 nitrogen and oxygen atoms in total. The van der Waals surface area contributed by atoms with Crippen molar-refractivity contribution in [2.45, 2.75) is 6.42 Å². The zero-order valence-corrected chi connectivity index (χ0v) is 9.25. The molecular formula is C12H10O6. The topological polar surface area (TPSA) is 101 Å². The lowest BCUT2D eigenvalue weighted by atomic mass is 10.2. The standard InChI is InChI=1S/C12H10O6/c1-7(12(16)17)5-10(15)18-11-8(6-13)3-2-4-9(11)14/h2-4,6,14H,1,5H2,(H,16,17). The molecule has 0 saturated carbocycles. The van der Waals surface area contributed by atoms with Crippen molar-refractivity contribution in [1.29, 1.82) is 0 Å². The fraction of sp³-hybridized carbons (Fsp3) is 0.0833. The summed E-state index contributed by atoms with van der Waals surface area (Å²) in [4.78, 5) is 32.5. The average molecular weight is 250 g/mol. The van der Waals surface area contributed by atoms with E-state index in [1.165, 1.54) is 18.2 Å². The van der Waals surface area contributed by atoms with Crippen molar-refractivity contribution in [3.8, 4) is 11.5 Å². The van der Waals surface area contributed by atoms with Gasteiger partial charge in [-0.1, -0.05) is 12.6 Å². The minimum absolute atomic E-state index is 0.00992. The van der Waals surface area contributed by atoms with Crippen molar-refractivity contribution in [2.24, 2.45) is 0 Å². The second-order valence-corrected chi connectivity index (χ2v) is 3.37. The number of aromatic hydroxyl groups is 1. The smallest absolute Gasteiger partial charge is 0.331 e. The number of carboxylic acids is 1. The van der Waals surface area contributed by atoms with E-state index in [9.17, 15) is 19.5 Å². The summed E-state index contributed by atoms with van der Waals surface area (Å²) in [6.45, 7) is 3.17. The number of aliphatic carboxylic acids is 1. The van der Waals surface area contributed by atoms with E-state index in [0.717, 1.165) is 0 Å². The van der Waals surface area contributed by atoms with Gasteiger partial charge >= 0.3 is 11.9 Å². The van der Waals surface area contributed by atoms with E-state index < -0.39 is 18.4 Å². The molecule has 1 aromatic rings. The molecule has 0 heterocycles. The molecule has 0 aliphatic rings. The van der Waals surface area contributed by atoms with Gasteiger partial charge in [0.25, 0.3) is 0 Å². The molecule has 2 N–H and O–H groups in total. The molecular weight excluding hydrogens is 240 g/mol. The number of hydrogen-bond acceptors (Lipinski definition) is 5. The number of aldehydes is 1. The molecule has 1 rings (SSSR count).